The molecule has 0 amide bonds. The van der Waals surface area contributed by atoms with Crippen molar-refractivity contribution in [2.75, 3.05) is 0 Å². The molecule has 98 valence electrons. The fourth-order valence-electron chi connectivity index (χ4n) is 2.69. The minimum atomic E-state index is -0.906. The SMILES string of the molecule is CC1CCc2cnc(-c3ccccc3C(=O)O)n2C1. The Morgan fingerprint density at radius 1 is 1.42 bits per heavy atom. The van der Waals surface area contributed by atoms with E-state index >= 15 is 0 Å². The van der Waals surface area contributed by atoms with Crippen molar-refractivity contribution in [3.05, 3.63) is 41.7 Å². The van der Waals surface area contributed by atoms with E-state index in [4.69, 9.17) is 0 Å². The molecule has 1 aromatic heterocycles. The maximum absolute atomic E-state index is 11.3. The quantitative estimate of drug-likeness (QED) is 0.898. The van der Waals surface area contributed by atoms with Gasteiger partial charge in [-0.15, -0.1) is 0 Å². The molecule has 0 fully saturated rings. The predicted octanol–water partition coefficient (Wildman–Crippen LogP) is 2.83. The Labute approximate surface area is 111 Å². The summed E-state index contributed by atoms with van der Waals surface area (Å²) >= 11 is 0. The smallest absolute Gasteiger partial charge is 0.336 e. The topological polar surface area (TPSA) is 55.1 Å². The lowest BCUT2D eigenvalue weighted by molar-refractivity contribution is 0.0697. The molecule has 1 atom stereocenters. The summed E-state index contributed by atoms with van der Waals surface area (Å²) in [6.07, 6.45) is 4.06. The second-order valence-corrected chi connectivity index (χ2v) is 5.18. The standard InChI is InChI=1S/C15H16N2O2/c1-10-6-7-11-8-16-14(17(11)9-10)12-4-2-3-5-13(12)15(18)19/h2-5,8,10H,6-7,9H2,1H3,(H,18,19). The molecule has 1 aliphatic rings. The van der Waals surface area contributed by atoms with E-state index in [0.717, 1.165) is 18.8 Å². The van der Waals surface area contributed by atoms with E-state index < -0.39 is 5.97 Å². The van der Waals surface area contributed by atoms with Gasteiger partial charge in [-0.05, 0) is 24.8 Å². The molecule has 2 heterocycles. The second kappa shape index (κ2) is 4.53. The van der Waals surface area contributed by atoms with Gasteiger partial charge in [-0.2, -0.15) is 0 Å². The van der Waals surface area contributed by atoms with Crippen molar-refractivity contribution in [1.29, 1.82) is 0 Å². The number of carboxylic acid groups (broad SMARTS) is 1. The van der Waals surface area contributed by atoms with Gasteiger partial charge in [0.25, 0.3) is 0 Å². The number of hydrogen-bond acceptors (Lipinski definition) is 2. The van der Waals surface area contributed by atoms with Gasteiger partial charge in [-0.1, -0.05) is 25.1 Å². The summed E-state index contributed by atoms with van der Waals surface area (Å²) in [6, 6.07) is 7.06. The van der Waals surface area contributed by atoms with Crippen LogP contribution in [-0.2, 0) is 13.0 Å². The molecule has 0 bridgehead atoms. The van der Waals surface area contributed by atoms with Crippen molar-refractivity contribution in [1.82, 2.24) is 9.55 Å². The lowest BCUT2D eigenvalue weighted by Crippen LogP contribution is -2.18. The maximum atomic E-state index is 11.3. The molecule has 4 nitrogen and oxygen atoms in total. The number of aryl methyl sites for hydroxylation is 1. The zero-order chi connectivity index (χ0) is 13.4. The minimum Gasteiger partial charge on any atom is -0.478 e. The fraction of sp³-hybridized carbons (Fsp3) is 0.333. The fourth-order valence-corrected chi connectivity index (χ4v) is 2.69. The number of fused-ring (bicyclic) bond motifs is 1. The summed E-state index contributed by atoms with van der Waals surface area (Å²) in [4.78, 5) is 15.8. The summed E-state index contributed by atoms with van der Waals surface area (Å²) in [5.41, 5.74) is 2.22. The van der Waals surface area contributed by atoms with Gasteiger partial charge < -0.3 is 9.67 Å². The maximum Gasteiger partial charge on any atom is 0.336 e. The van der Waals surface area contributed by atoms with Crippen molar-refractivity contribution >= 4 is 5.97 Å². The first-order chi connectivity index (χ1) is 9.16. The third-order valence-electron chi connectivity index (χ3n) is 3.72. The van der Waals surface area contributed by atoms with E-state index in [1.165, 1.54) is 12.1 Å². The average molecular weight is 256 g/mol. The van der Waals surface area contributed by atoms with Crippen LogP contribution in [0.25, 0.3) is 11.4 Å². The van der Waals surface area contributed by atoms with E-state index in [1.807, 2.05) is 18.3 Å². The van der Waals surface area contributed by atoms with Crippen molar-refractivity contribution in [2.45, 2.75) is 26.3 Å². The molecule has 1 aliphatic heterocycles. The highest BCUT2D eigenvalue weighted by molar-refractivity contribution is 5.95. The second-order valence-electron chi connectivity index (χ2n) is 5.18. The molecule has 0 aliphatic carbocycles. The van der Waals surface area contributed by atoms with Gasteiger partial charge in [0.1, 0.15) is 5.82 Å². The Bertz CT molecular complexity index is 631. The molecule has 2 aromatic rings. The summed E-state index contributed by atoms with van der Waals surface area (Å²) in [5, 5.41) is 9.28. The highest BCUT2D eigenvalue weighted by Gasteiger charge is 2.21. The van der Waals surface area contributed by atoms with Crippen molar-refractivity contribution in [2.24, 2.45) is 5.92 Å². The van der Waals surface area contributed by atoms with Crippen LogP contribution < -0.4 is 0 Å². The van der Waals surface area contributed by atoms with Crippen LogP contribution in [0.2, 0.25) is 0 Å². The molecule has 0 radical (unpaired) electrons. The van der Waals surface area contributed by atoms with Gasteiger partial charge in [0.15, 0.2) is 0 Å². The van der Waals surface area contributed by atoms with Crippen LogP contribution in [0, 0.1) is 5.92 Å². The first-order valence-corrected chi connectivity index (χ1v) is 6.54. The van der Waals surface area contributed by atoms with Crippen LogP contribution in [0.5, 0.6) is 0 Å². The Morgan fingerprint density at radius 2 is 2.21 bits per heavy atom. The molecule has 0 spiro atoms. The number of carbonyl (C=O) groups is 1. The van der Waals surface area contributed by atoms with Crippen LogP contribution >= 0.6 is 0 Å². The number of rotatable bonds is 2. The van der Waals surface area contributed by atoms with Gasteiger partial charge in [0.05, 0.1) is 5.56 Å². The molecule has 0 saturated heterocycles. The number of carboxylic acids is 1. The van der Waals surface area contributed by atoms with Gasteiger partial charge in [-0.25, -0.2) is 9.78 Å². The monoisotopic (exact) mass is 256 g/mol. The lowest BCUT2D eigenvalue weighted by atomic mass is 9.99. The van der Waals surface area contributed by atoms with E-state index in [1.54, 1.807) is 12.1 Å². The number of nitrogens with zero attached hydrogens (tertiary/aromatic N) is 2. The average Bonchev–Trinajstić information content (AvgIpc) is 2.81. The van der Waals surface area contributed by atoms with E-state index in [-0.39, 0.29) is 0 Å². The number of hydrogen-bond donors (Lipinski definition) is 1. The molecule has 4 heteroatoms. The van der Waals surface area contributed by atoms with Gasteiger partial charge in [-0.3, -0.25) is 0 Å². The number of imidazole rings is 1. The van der Waals surface area contributed by atoms with Crippen molar-refractivity contribution in [3.8, 4) is 11.4 Å². The summed E-state index contributed by atoms with van der Waals surface area (Å²) in [6.45, 7) is 3.13. The molecule has 3 rings (SSSR count). The summed E-state index contributed by atoms with van der Waals surface area (Å²) in [7, 11) is 0. The van der Waals surface area contributed by atoms with Gasteiger partial charge >= 0.3 is 5.97 Å². The van der Waals surface area contributed by atoms with Crippen molar-refractivity contribution < 1.29 is 9.90 Å². The van der Waals surface area contributed by atoms with Crippen LogP contribution in [0.15, 0.2) is 30.5 Å². The molecule has 19 heavy (non-hydrogen) atoms. The van der Waals surface area contributed by atoms with Crippen LogP contribution in [0.1, 0.15) is 29.4 Å². The predicted molar refractivity (Wildman–Crippen MR) is 72.1 cm³/mol. The zero-order valence-electron chi connectivity index (χ0n) is 10.8. The Hall–Kier alpha value is -2.10. The summed E-state index contributed by atoms with van der Waals surface area (Å²) < 4.78 is 2.16. The molecular formula is C15H16N2O2. The van der Waals surface area contributed by atoms with Crippen LogP contribution in [0.4, 0.5) is 0 Å². The largest absolute Gasteiger partial charge is 0.478 e. The van der Waals surface area contributed by atoms with Crippen molar-refractivity contribution in [3.63, 3.8) is 0 Å². The third kappa shape index (κ3) is 2.03. The summed E-state index contributed by atoms with van der Waals surface area (Å²) in [5.74, 6) is 0.480. The minimum absolute atomic E-state index is 0.314. The highest BCUT2D eigenvalue weighted by atomic mass is 16.4. The number of benzene rings is 1. The zero-order valence-corrected chi connectivity index (χ0v) is 10.8. The molecule has 0 saturated carbocycles. The van der Waals surface area contributed by atoms with E-state index in [2.05, 4.69) is 16.5 Å². The first kappa shape index (κ1) is 12.0. The first-order valence-electron chi connectivity index (χ1n) is 6.54. The van der Waals surface area contributed by atoms with Crippen LogP contribution in [0.3, 0.4) is 0 Å². The van der Waals surface area contributed by atoms with Gasteiger partial charge in [0, 0.05) is 24.0 Å². The normalized spacial score (nSPS) is 18.1. The van der Waals surface area contributed by atoms with E-state index in [9.17, 15) is 9.90 Å². The molecule has 1 N–H and O–H groups in total. The third-order valence-corrected chi connectivity index (χ3v) is 3.72. The number of aromatic carboxylic acids is 1. The van der Waals surface area contributed by atoms with Gasteiger partial charge in [0.2, 0.25) is 0 Å². The molecular weight excluding hydrogens is 240 g/mol. The molecule has 1 unspecified atom stereocenters. The van der Waals surface area contributed by atoms with E-state index in [0.29, 0.717) is 17.0 Å². The number of aromatic nitrogens is 2. The Kier molecular flexibility index (Phi) is 2.85. The highest BCUT2D eigenvalue weighted by Crippen LogP contribution is 2.28. The Morgan fingerprint density at radius 3 is 3.00 bits per heavy atom. The Balaban J connectivity index is 2.13. The molecule has 1 aromatic carbocycles. The van der Waals surface area contributed by atoms with Crippen LogP contribution in [-0.4, -0.2) is 20.6 Å². The lowest BCUT2D eigenvalue weighted by Gasteiger charge is -2.22.